The van der Waals surface area contributed by atoms with Gasteiger partial charge in [-0.25, -0.2) is 4.39 Å². The first kappa shape index (κ1) is 14.5. The van der Waals surface area contributed by atoms with E-state index in [2.05, 4.69) is 5.32 Å². The summed E-state index contributed by atoms with van der Waals surface area (Å²) in [5, 5.41) is 11.6. The van der Waals surface area contributed by atoms with Crippen molar-refractivity contribution in [2.24, 2.45) is 17.6 Å². The molecule has 106 valence electrons. The van der Waals surface area contributed by atoms with Crippen LogP contribution in [0, 0.1) is 29.0 Å². The van der Waals surface area contributed by atoms with Gasteiger partial charge in [-0.3, -0.25) is 4.79 Å². The third-order valence-corrected chi connectivity index (χ3v) is 3.93. The predicted octanol–water partition coefficient (Wildman–Crippen LogP) is 2.40. The zero-order chi connectivity index (χ0) is 14.5. The van der Waals surface area contributed by atoms with Gasteiger partial charge in [-0.2, -0.15) is 5.26 Å². The van der Waals surface area contributed by atoms with Gasteiger partial charge < -0.3 is 11.1 Å². The first-order valence-electron chi connectivity index (χ1n) is 6.87. The number of carbonyl (C=O) groups excluding carboxylic acids is 1. The molecule has 2 unspecified atom stereocenters. The summed E-state index contributed by atoms with van der Waals surface area (Å²) in [6.45, 7) is 0.479. The Morgan fingerprint density at radius 3 is 2.90 bits per heavy atom. The number of rotatable bonds is 3. The van der Waals surface area contributed by atoms with E-state index in [0.29, 0.717) is 6.54 Å². The first-order chi connectivity index (χ1) is 9.67. The zero-order valence-corrected chi connectivity index (χ0v) is 11.2. The highest BCUT2D eigenvalue weighted by Crippen LogP contribution is 2.30. The minimum Gasteiger partial charge on any atom is -0.330 e. The van der Waals surface area contributed by atoms with E-state index < -0.39 is 5.82 Å². The summed E-state index contributed by atoms with van der Waals surface area (Å²) in [5.74, 6) is -0.766. The van der Waals surface area contributed by atoms with Crippen molar-refractivity contribution in [2.75, 3.05) is 11.9 Å². The Morgan fingerprint density at radius 2 is 2.20 bits per heavy atom. The van der Waals surface area contributed by atoms with Gasteiger partial charge in [-0.15, -0.1) is 0 Å². The summed E-state index contributed by atoms with van der Waals surface area (Å²) >= 11 is 0. The van der Waals surface area contributed by atoms with Crippen molar-refractivity contribution < 1.29 is 9.18 Å². The normalized spacial score (nSPS) is 22.1. The maximum absolute atomic E-state index is 13.5. The number of anilines is 1. The van der Waals surface area contributed by atoms with Gasteiger partial charge in [0, 0.05) is 5.92 Å². The molecule has 3 N–H and O–H groups in total. The van der Waals surface area contributed by atoms with Crippen LogP contribution >= 0.6 is 0 Å². The van der Waals surface area contributed by atoms with Crippen LogP contribution in [0.15, 0.2) is 18.2 Å². The molecule has 1 aromatic carbocycles. The molecule has 0 bridgehead atoms. The van der Waals surface area contributed by atoms with Gasteiger partial charge in [0.05, 0.1) is 5.69 Å². The molecule has 2 rings (SSSR count). The third-order valence-electron chi connectivity index (χ3n) is 3.93. The lowest BCUT2D eigenvalue weighted by Gasteiger charge is -2.29. The fraction of sp³-hybridized carbons (Fsp3) is 0.467. The number of halogens is 1. The molecule has 4 nitrogen and oxygen atoms in total. The molecule has 0 aliphatic heterocycles. The molecule has 1 amide bonds. The lowest BCUT2D eigenvalue weighted by Crippen LogP contribution is -2.35. The molecule has 1 saturated carbocycles. The van der Waals surface area contributed by atoms with E-state index in [4.69, 9.17) is 11.0 Å². The summed E-state index contributed by atoms with van der Waals surface area (Å²) in [5.41, 5.74) is 5.82. The Bertz CT molecular complexity index is 538. The molecule has 1 aliphatic rings. The minimum atomic E-state index is -0.621. The molecule has 0 saturated heterocycles. The quantitative estimate of drug-likeness (QED) is 0.889. The number of amides is 1. The number of nitrogens with zero attached hydrogens (tertiary/aromatic N) is 1. The molecular weight excluding hydrogens is 257 g/mol. The highest BCUT2D eigenvalue weighted by Gasteiger charge is 2.30. The second-order valence-corrected chi connectivity index (χ2v) is 5.15. The smallest absolute Gasteiger partial charge is 0.227 e. The zero-order valence-electron chi connectivity index (χ0n) is 11.2. The van der Waals surface area contributed by atoms with Crippen molar-refractivity contribution in [3.63, 3.8) is 0 Å². The van der Waals surface area contributed by atoms with E-state index in [1.807, 2.05) is 0 Å². The largest absolute Gasteiger partial charge is 0.330 e. The Morgan fingerprint density at radius 1 is 1.45 bits per heavy atom. The monoisotopic (exact) mass is 275 g/mol. The molecule has 0 aromatic heterocycles. The van der Waals surface area contributed by atoms with Gasteiger partial charge in [-0.1, -0.05) is 18.9 Å². The van der Waals surface area contributed by atoms with Crippen LogP contribution in [0.25, 0.3) is 0 Å². The summed E-state index contributed by atoms with van der Waals surface area (Å²) < 4.78 is 13.5. The number of nitrogens with one attached hydrogen (secondary N) is 1. The van der Waals surface area contributed by atoms with E-state index in [1.54, 1.807) is 12.1 Å². The molecule has 0 radical (unpaired) electrons. The Hall–Kier alpha value is -1.93. The van der Waals surface area contributed by atoms with Crippen molar-refractivity contribution >= 4 is 11.6 Å². The van der Waals surface area contributed by atoms with Crippen LogP contribution in [0.5, 0.6) is 0 Å². The molecule has 2 atom stereocenters. The summed E-state index contributed by atoms with van der Waals surface area (Å²) in [7, 11) is 0. The molecule has 1 aliphatic carbocycles. The Labute approximate surface area is 117 Å². The molecular formula is C15H18FN3O. The van der Waals surface area contributed by atoms with Crippen LogP contribution in [-0.4, -0.2) is 12.5 Å². The number of nitriles is 1. The fourth-order valence-corrected chi connectivity index (χ4v) is 2.80. The average molecular weight is 275 g/mol. The van der Waals surface area contributed by atoms with Crippen LogP contribution in [0.2, 0.25) is 0 Å². The number of hydrogen-bond donors (Lipinski definition) is 2. The van der Waals surface area contributed by atoms with Crippen molar-refractivity contribution in [1.82, 2.24) is 0 Å². The maximum Gasteiger partial charge on any atom is 0.227 e. The second-order valence-electron chi connectivity index (χ2n) is 5.15. The van der Waals surface area contributed by atoms with Gasteiger partial charge >= 0.3 is 0 Å². The van der Waals surface area contributed by atoms with Crippen molar-refractivity contribution in [3.8, 4) is 6.07 Å². The van der Waals surface area contributed by atoms with Crippen molar-refractivity contribution in [3.05, 3.63) is 29.6 Å². The van der Waals surface area contributed by atoms with Gasteiger partial charge in [0.25, 0.3) is 0 Å². The van der Waals surface area contributed by atoms with Crippen LogP contribution in [0.3, 0.4) is 0 Å². The Kier molecular flexibility index (Phi) is 4.70. The first-order valence-corrected chi connectivity index (χ1v) is 6.87. The standard InChI is InChI=1S/C15H18FN3O/c16-13-6-3-7-14(12(13)9-18)19-15(20)11-5-2-1-4-10(11)8-17/h3,6-7,10-11H,1-2,4-5,8,17H2,(H,19,20). The maximum atomic E-state index is 13.5. The van der Waals surface area contributed by atoms with Gasteiger partial charge in [0.2, 0.25) is 5.91 Å². The lowest BCUT2D eigenvalue weighted by molar-refractivity contribution is -0.122. The SMILES string of the molecule is N#Cc1c(F)cccc1NC(=O)C1CCCCC1CN. The van der Waals surface area contributed by atoms with E-state index in [0.717, 1.165) is 25.7 Å². The van der Waals surface area contributed by atoms with Gasteiger partial charge in [0.1, 0.15) is 17.4 Å². The number of carbonyl (C=O) groups is 1. The minimum absolute atomic E-state index is 0.124. The van der Waals surface area contributed by atoms with Crippen molar-refractivity contribution in [1.29, 1.82) is 5.26 Å². The lowest BCUT2D eigenvalue weighted by atomic mass is 9.78. The van der Waals surface area contributed by atoms with E-state index in [9.17, 15) is 9.18 Å². The van der Waals surface area contributed by atoms with Crippen LogP contribution < -0.4 is 11.1 Å². The molecule has 0 spiro atoms. The van der Waals surface area contributed by atoms with Crippen LogP contribution in [0.1, 0.15) is 31.2 Å². The number of benzene rings is 1. The summed E-state index contributed by atoms with van der Waals surface area (Å²) in [6.07, 6.45) is 3.84. The fourth-order valence-electron chi connectivity index (χ4n) is 2.80. The number of hydrogen-bond acceptors (Lipinski definition) is 3. The highest BCUT2D eigenvalue weighted by molar-refractivity contribution is 5.94. The van der Waals surface area contributed by atoms with Gasteiger partial charge in [0.15, 0.2) is 0 Å². The van der Waals surface area contributed by atoms with E-state index >= 15 is 0 Å². The third kappa shape index (κ3) is 2.97. The van der Waals surface area contributed by atoms with E-state index in [1.165, 1.54) is 12.1 Å². The molecule has 1 fully saturated rings. The van der Waals surface area contributed by atoms with Gasteiger partial charge in [-0.05, 0) is 37.4 Å². The predicted molar refractivity (Wildman–Crippen MR) is 74.2 cm³/mol. The summed E-state index contributed by atoms with van der Waals surface area (Å²) in [6, 6.07) is 6.01. The summed E-state index contributed by atoms with van der Waals surface area (Å²) in [4.78, 5) is 12.3. The van der Waals surface area contributed by atoms with Crippen LogP contribution in [-0.2, 0) is 4.79 Å². The second kappa shape index (κ2) is 6.49. The van der Waals surface area contributed by atoms with Crippen LogP contribution in [0.4, 0.5) is 10.1 Å². The molecule has 0 heterocycles. The molecule has 1 aromatic rings. The molecule has 5 heteroatoms. The average Bonchev–Trinajstić information content (AvgIpc) is 2.47. The Balaban J connectivity index is 2.15. The van der Waals surface area contributed by atoms with E-state index in [-0.39, 0.29) is 29.0 Å². The van der Waals surface area contributed by atoms with Crippen molar-refractivity contribution in [2.45, 2.75) is 25.7 Å². The molecule has 20 heavy (non-hydrogen) atoms. The topological polar surface area (TPSA) is 78.9 Å². The number of nitrogens with two attached hydrogens (primary N) is 1. The highest BCUT2D eigenvalue weighted by atomic mass is 19.1.